The van der Waals surface area contributed by atoms with Crippen molar-refractivity contribution < 1.29 is 4.42 Å². The van der Waals surface area contributed by atoms with Gasteiger partial charge in [-0.15, -0.1) is 0 Å². The Labute approximate surface area is 92.2 Å². The normalized spacial score (nSPS) is 30.6. The highest BCUT2D eigenvalue weighted by molar-refractivity contribution is 9.10. The van der Waals surface area contributed by atoms with Gasteiger partial charge in [-0.1, -0.05) is 0 Å². The Morgan fingerprint density at radius 3 is 3.00 bits per heavy atom. The summed E-state index contributed by atoms with van der Waals surface area (Å²) in [6.45, 7) is 1.17. The Morgan fingerprint density at radius 1 is 1.50 bits per heavy atom. The second kappa shape index (κ2) is 3.38. The molecule has 0 aromatic carbocycles. The number of furan rings is 1. The van der Waals surface area contributed by atoms with E-state index in [1.165, 1.54) is 25.8 Å². The molecule has 2 aliphatic carbocycles. The molecule has 1 aromatic heterocycles. The van der Waals surface area contributed by atoms with Crippen molar-refractivity contribution in [3.63, 3.8) is 0 Å². The zero-order valence-corrected chi connectivity index (χ0v) is 9.59. The van der Waals surface area contributed by atoms with Gasteiger partial charge < -0.3 is 9.73 Å². The van der Waals surface area contributed by atoms with Gasteiger partial charge in [0.25, 0.3) is 0 Å². The summed E-state index contributed by atoms with van der Waals surface area (Å²) in [5.41, 5.74) is 0. The molecule has 2 fully saturated rings. The molecule has 3 rings (SSSR count). The lowest BCUT2D eigenvalue weighted by molar-refractivity contribution is 0.495. The molecule has 3 heteroatoms. The Kier molecular flexibility index (Phi) is 2.17. The van der Waals surface area contributed by atoms with Gasteiger partial charge in [0.15, 0.2) is 0 Å². The molecule has 0 bridgehead atoms. The van der Waals surface area contributed by atoms with Gasteiger partial charge in [-0.25, -0.2) is 0 Å². The first-order valence-corrected chi connectivity index (χ1v) is 6.10. The molecule has 1 N–H and O–H groups in total. The van der Waals surface area contributed by atoms with E-state index >= 15 is 0 Å². The van der Waals surface area contributed by atoms with Crippen LogP contribution in [0.1, 0.15) is 30.9 Å². The number of nitrogens with one attached hydrogen (secondary N) is 1. The lowest BCUT2D eigenvalue weighted by Gasteiger charge is -2.00. The number of hydrogen-bond acceptors (Lipinski definition) is 2. The van der Waals surface area contributed by atoms with Gasteiger partial charge in [0.05, 0.1) is 10.7 Å². The van der Waals surface area contributed by atoms with Crippen molar-refractivity contribution in [2.45, 2.75) is 31.2 Å². The number of rotatable bonds is 4. The van der Waals surface area contributed by atoms with E-state index < -0.39 is 0 Å². The van der Waals surface area contributed by atoms with Gasteiger partial charge in [0, 0.05) is 12.0 Å². The Balaban J connectivity index is 1.54. The van der Waals surface area contributed by atoms with E-state index in [1.807, 2.05) is 6.07 Å². The van der Waals surface area contributed by atoms with Crippen LogP contribution in [-0.2, 0) is 0 Å². The number of hydrogen-bond donors (Lipinski definition) is 1. The van der Waals surface area contributed by atoms with Crippen LogP contribution in [0.3, 0.4) is 0 Å². The lowest BCUT2D eigenvalue weighted by atomic mass is 10.2. The van der Waals surface area contributed by atoms with Crippen molar-refractivity contribution in [1.29, 1.82) is 0 Å². The highest BCUT2D eigenvalue weighted by Crippen LogP contribution is 2.49. The van der Waals surface area contributed by atoms with E-state index in [1.54, 1.807) is 6.26 Å². The highest BCUT2D eigenvalue weighted by Gasteiger charge is 2.42. The molecule has 2 saturated carbocycles. The average Bonchev–Trinajstić information content (AvgIpc) is 3.07. The van der Waals surface area contributed by atoms with Gasteiger partial charge in [-0.2, -0.15) is 0 Å². The monoisotopic (exact) mass is 255 g/mol. The molecule has 2 atom stereocenters. The Morgan fingerprint density at radius 2 is 2.36 bits per heavy atom. The van der Waals surface area contributed by atoms with Crippen LogP contribution in [0.5, 0.6) is 0 Å². The smallest absolute Gasteiger partial charge is 0.121 e. The van der Waals surface area contributed by atoms with E-state index in [2.05, 4.69) is 21.2 Å². The summed E-state index contributed by atoms with van der Waals surface area (Å²) in [4.78, 5) is 0. The van der Waals surface area contributed by atoms with Crippen LogP contribution in [0.25, 0.3) is 0 Å². The van der Waals surface area contributed by atoms with E-state index in [-0.39, 0.29) is 0 Å². The first kappa shape index (κ1) is 8.98. The predicted octanol–water partition coefficient (Wildman–Crippen LogP) is 2.90. The minimum absolute atomic E-state index is 0.658. The molecule has 2 aliphatic rings. The maximum atomic E-state index is 5.47. The molecule has 1 heterocycles. The summed E-state index contributed by atoms with van der Waals surface area (Å²) in [5.74, 6) is 2.61. The SMILES string of the molecule is Brc1ccoc1C1CC1CNC1CC1. The lowest BCUT2D eigenvalue weighted by Crippen LogP contribution is -2.19. The molecular formula is C11H14BrNO. The molecule has 2 nitrogen and oxygen atoms in total. The van der Waals surface area contributed by atoms with E-state index in [9.17, 15) is 0 Å². The minimum Gasteiger partial charge on any atom is -0.468 e. The quantitative estimate of drug-likeness (QED) is 0.896. The van der Waals surface area contributed by atoms with E-state index in [0.717, 1.165) is 22.2 Å². The second-order valence-corrected chi connectivity index (χ2v) is 5.27. The molecular weight excluding hydrogens is 242 g/mol. The third-order valence-electron chi connectivity index (χ3n) is 3.15. The van der Waals surface area contributed by atoms with Crippen LogP contribution in [0.2, 0.25) is 0 Å². The average molecular weight is 256 g/mol. The second-order valence-electron chi connectivity index (χ2n) is 4.42. The van der Waals surface area contributed by atoms with E-state index in [0.29, 0.717) is 5.92 Å². The van der Waals surface area contributed by atoms with Crippen molar-refractivity contribution in [3.05, 3.63) is 22.6 Å². The third kappa shape index (κ3) is 1.75. The molecule has 76 valence electrons. The molecule has 1 aromatic rings. The summed E-state index contributed by atoms with van der Waals surface area (Å²) < 4.78 is 6.60. The molecule has 0 spiro atoms. The molecule has 0 aliphatic heterocycles. The van der Waals surface area contributed by atoms with Crippen molar-refractivity contribution in [2.75, 3.05) is 6.54 Å². The maximum absolute atomic E-state index is 5.47. The zero-order valence-electron chi connectivity index (χ0n) is 8.00. The zero-order chi connectivity index (χ0) is 9.54. The van der Waals surface area contributed by atoms with E-state index in [4.69, 9.17) is 4.42 Å². The fraction of sp³-hybridized carbons (Fsp3) is 0.636. The maximum Gasteiger partial charge on any atom is 0.121 e. The predicted molar refractivity (Wildman–Crippen MR) is 58.3 cm³/mol. The van der Waals surface area contributed by atoms with Gasteiger partial charge >= 0.3 is 0 Å². The van der Waals surface area contributed by atoms with Gasteiger partial charge in [-0.3, -0.25) is 0 Å². The molecule has 0 amide bonds. The Bertz CT molecular complexity index is 332. The fourth-order valence-electron chi connectivity index (χ4n) is 1.97. The van der Waals surface area contributed by atoms with Crippen LogP contribution in [0.15, 0.2) is 21.2 Å². The van der Waals surface area contributed by atoms with Crippen molar-refractivity contribution in [3.8, 4) is 0 Å². The molecule has 0 radical (unpaired) electrons. The topological polar surface area (TPSA) is 25.2 Å². The molecule has 0 saturated heterocycles. The molecule has 14 heavy (non-hydrogen) atoms. The van der Waals surface area contributed by atoms with Crippen molar-refractivity contribution in [1.82, 2.24) is 5.32 Å². The number of halogens is 1. The minimum atomic E-state index is 0.658. The van der Waals surface area contributed by atoms with Crippen molar-refractivity contribution in [2.24, 2.45) is 5.92 Å². The fourth-order valence-corrected chi connectivity index (χ4v) is 2.47. The standard InChI is InChI=1S/C11H14BrNO/c12-10-3-4-14-11(10)9-5-7(9)6-13-8-1-2-8/h3-4,7-9,13H,1-2,5-6H2. The third-order valence-corrected chi connectivity index (χ3v) is 3.81. The van der Waals surface area contributed by atoms with Gasteiger partial charge in [-0.05, 0) is 53.7 Å². The summed E-state index contributed by atoms with van der Waals surface area (Å²) in [7, 11) is 0. The van der Waals surface area contributed by atoms with Crippen molar-refractivity contribution >= 4 is 15.9 Å². The summed E-state index contributed by atoms with van der Waals surface area (Å²) in [6.07, 6.45) is 5.80. The Hall–Kier alpha value is -0.280. The van der Waals surface area contributed by atoms with Crippen LogP contribution in [0, 0.1) is 5.92 Å². The van der Waals surface area contributed by atoms with Gasteiger partial charge in [0.2, 0.25) is 0 Å². The largest absolute Gasteiger partial charge is 0.468 e. The van der Waals surface area contributed by atoms with Crippen LogP contribution < -0.4 is 5.32 Å². The summed E-state index contributed by atoms with van der Waals surface area (Å²) in [6, 6.07) is 2.82. The van der Waals surface area contributed by atoms with Crippen LogP contribution >= 0.6 is 15.9 Å². The summed E-state index contributed by atoms with van der Waals surface area (Å²) >= 11 is 3.51. The highest BCUT2D eigenvalue weighted by atomic mass is 79.9. The van der Waals surface area contributed by atoms with Crippen LogP contribution in [-0.4, -0.2) is 12.6 Å². The van der Waals surface area contributed by atoms with Crippen LogP contribution in [0.4, 0.5) is 0 Å². The first-order valence-electron chi connectivity index (χ1n) is 5.31. The summed E-state index contributed by atoms with van der Waals surface area (Å²) in [5, 5.41) is 3.57. The molecule has 2 unspecified atom stereocenters. The van der Waals surface area contributed by atoms with Gasteiger partial charge in [0.1, 0.15) is 5.76 Å². The first-order chi connectivity index (χ1) is 6.84.